The second-order valence-electron chi connectivity index (χ2n) is 12.2. The van der Waals surface area contributed by atoms with Crippen molar-refractivity contribution < 1.29 is 0 Å². The molecular weight excluding hydrogens is 589 g/mol. The van der Waals surface area contributed by atoms with Crippen LogP contribution in [0.25, 0.3) is 66.5 Å². The number of allylic oxidation sites excluding steroid dienone is 4. The minimum atomic E-state index is 0.229. The van der Waals surface area contributed by atoms with E-state index in [9.17, 15) is 0 Å². The van der Waals surface area contributed by atoms with Gasteiger partial charge in [0.05, 0.1) is 17.1 Å². The van der Waals surface area contributed by atoms with E-state index in [1.54, 1.807) is 0 Å². The van der Waals surface area contributed by atoms with Gasteiger partial charge in [-0.1, -0.05) is 128 Å². The van der Waals surface area contributed by atoms with Crippen LogP contribution >= 0.6 is 11.8 Å². The molecule has 9 rings (SSSR count). The Hall–Kier alpha value is -5.51. The maximum atomic E-state index is 4.03. The lowest BCUT2D eigenvalue weighted by Gasteiger charge is -2.22. The zero-order chi connectivity index (χ0) is 31.3. The Morgan fingerprint density at radius 3 is 1.98 bits per heavy atom. The van der Waals surface area contributed by atoms with Gasteiger partial charge in [0.15, 0.2) is 0 Å². The quantitative estimate of drug-likeness (QED) is 0.180. The van der Waals surface area contributed by atoms with E-state index in [2.05, 4.69) is 173 Å². The molecule has 0 aliphatic heterocycles. The lowest BCUT2D eigenvalue weighted by Crippen LogP contribution is -2.08. The zero-order valence-electron chi connectivity index (χ0n) is 25.9. The summed E-state index contributed by atoms with van der Waals surface area (Å²) >= 11 is 1.85. The van der Waals surface area contributed by atoms with Crippen LogP contribution in [0.4, 0.5) is 0 Å². The zero-order valence-corrected chi connectivity index (χ0v) is 26.7. The molecule has 1 aliphatic carbocycles. The van der Waals surface area contributed by atoms with Crippen LogP contribution in [0.3, 0.4) is 0 Å². The Morgan fingerprint density at radius 1 is 0.596 bits per heavy atom. The van der Waals surface area contributed by atoms with Gasteiger partial charge in [-0.3, -0.25) is 0 Å². The molecule has 0 spiro atoms. The fraction of sp³-hybridized carbons (Fsp3) is 0.0455. The van der Waals surface area contributed by atoms with Crippen molar-refractivity contribution in [1.82, 2.24) is 9.13 Å². The third kappa shape index (κ3) is 4.66. The molecular formula is C44H32N2S. The lowest BCUT2D eigenvalue weighted by molar-refractivity contribution is 0.643. The van der Waals surface area contributed by atoms with Crippen LogP contribution < -0.4 is 0 Å². The summed E-state index contributed by atoms with van der Waals surface area (Å²) in [5.41, 5.74) is 9.81. The predicted octanol–water partition coefficient (Wildman–Crippen LogP) is 12.4. The van der Waals surface area contributed by atoms with Gasteiger partial charge >= 0.3 is 0 Å². The van der Waals surface area contributed by atoms with E-state index in [1.807, 2.05) is 17.8 Å². The van der Waals surface area contributed by atoms with Crippen LogP contribution in [0.2, 0.25) is 0 Å². The highest BCUT2D eigenvalue weighted by Gasteiger charge is 2.21. The van der Waals surface area contributed by atoms with Crippen LogP contribution in [0.5, 0.6) is 0 Å². The number of aromatic nitrogens is 2. The Kier molecular flexibility index (Phi) is 6.72. The fourth-order valence-corrected chi connectivity index (χ4v) is 8.42. The standard InChI is InChI=1S/C44H32N2S/c1-2-30-13-6-11-22-44(30)47-35-17-12-16-34(29-35)46-41-21-10-8-19-37(41)39-28-32(24-26-43(39)46)31-23-25-42-38(27-31)36-18-7-9-20-40(36)45(42)33-14-4-3-5-15-33/h2-28,34H,1,29H2. The molecule has 0 N–H and O–H groups in total. The van der Waals surface area contributed by atoms with Crippen molar-refractivity contribution in [2.75, 3.05) is 0 Å². The Morgan fingerprint density at radius 2 is 1.19 bits per heavy atom. The summed E-state index contributed by atoms with van der Waals surface area (Å²) in [5, 5.41) is 5.12. The van der Waals surface area contributed by atoms with Gasteiger partial charge in [-0.2, -0.15) is 0 Å². The minimum absolute atomic E-state index is 0.229. The number of nitrogens with zero attached hydrogens (tertiary/aromatic N) is 2. The van der Waals surface area contributed by atoms with E-state index in [0.717, 1.165) is 6.42 Å². The van der Waals surface area contributed by atoms with E-state index in [4.69, 9.17) is 0 Å². The number of hydrogen-bond donors (Lipinski definition) is 0. The Labute approximate surface area is 278 Å². The highest BCUT2D eigenvalue weighted by molar-refractivity contribution is 8.03. The molecule has 2 aromatic heterocycles. The average Bonchev–Trinajstić information content (AvgIpc) is 3.64. The van der Waals surface area contributed by atoms with Gasteiger partial charge in [-0.15, -0.1) is 0 Å². The molecule has 1 aliphatic rings. The van der Waals surface area contributed by atoms with E-state index in [-0.39, 0.29) is 6.04 Å². The lowest BCUT2D eigenvalue weighted by atomic mass is 10.0. The van der Waals surface area contributed by atoms with Crippen molar-refractivity contribution in [3.63, 3.8) is 0 Å². The normalized spacial score (nSPS) is 14.7. The number of rotatable bonds is 6. The van der Waals surface area contributed by atoms with Crippen LogP contribution in [-0.4, -0.2) is 9.13 Å². The monoisotopic (exact) mass is 620 g/mol. The minimum Gasteiger partial charge on any atom is -0.333 e. The maximum Gasteiger partial charge on any atom is 0.0571 e. The van der Waals surface area contributed by atoms with Gasteiger partial charge in [0.25, 0.3) is 0 Å². The first-order chi connectivity index (χ1) is 23.3. The highest BCUT2D eigenvalue weighted by Crippen LogP contribution is 2.42. The Balaban J connectivity index is 1.13. The number of thioether (sulfide) groups is 1. The summed E-state index contributed by atoms with van der Waals surface area (Å²) in [6.07, 6.45) is 9.73. The number of benzene rings is 6. The molecule has 47 heavy (non-hydrogen) atoms. The van der Waals surface area contributed by atoms with Crippen molar-refractivity contribution in [2.24, 2.45) is 0 Å². The maximum absolute atomic E-state index is 4.03. The summed E-state index contributed by atoms with van der Waals surface area (Å²) < 4.78 is 4.91. The second kappa shape index (κ2) is 11.4. The molecule has 224 valence electrons. The highest BCUT2D eigenvalue weighted by atomic mass is 32.2. The first-order valence-corrected chi connectivity index (χ1v) is 17.0. The van der Waals surface area contributed by atoms with Crippen LogP contribution in [0.1, 0.15) is 18.0 Å². The van der Waals surface area contributed by atoms with Gasteiger partial charge in [-0.05, 0) is 76.2 Å². The SMILES string of the molecule is C=Cc1ccccc1SC1=CC=CC(n2c3ccccc3c3cc(-c4ccc5c(c4)c4ccccc4n5-c4ccccc4)ccc32)C1. The summed E-state index contributed by atoms with van der Waals surface area (Å²) in [4.78, 5) is 2.61. The van der Waals surface area contributed by atoms with Crippen molar-refractivity contribution in [3.05, 3.63) is 175 Å². The predicted molar refractivity (Wildman–Crippen MR) is 202 cm³/mol. The summed E-state index contributed by atoms with van der Waals surface area (Å²) in [5.74, 6) is 0. The molecule has 0 amide bonds. The fourth-order valence-electron chi connectivity index (χ4n) is 7.32. The molecule has 2 heterocycles. The van der Waals surface area contributed by atoms with Gasteiger partial charge in [0.1, 0.15) is 0 Å². The van der Waals surface area contributed by atoms with Gasteiger partial charge in [0.2, 0.25) is 0 Å². The van der Waals surface area contributed by atoms with E-state index >= 15 is 0 Å². The largest absolute Gasteiger partial charge is 0.333 e. The smallest absolute Gasteiger partial charge is 0.0571 e. The van der Waals surface area contributed by atoms with Crippen LogP contribution in [-0.2, 0) is 0 Å². The first-order valence-electron chi connectivity index (χ1n) is 16.2. The van der Waals surface area contributed by atoms with Gasteiger partial charge in [-0.25, -0.2) is 0 Å². The molecule has 0 bridgehead atoms. The molecule has 2 nitrogen and oxygen atoms in total. The third-order valence-corrected chi connectivity index (χ3v) is 10.6. The second-order valence-corrected chi connectivity index (χ2v) is 13.3. The first kappa shape index (κ1) is 27.8. The molecule has 0 radical (unpaired) electrons. The van der Waals surface area contributed by atoms with E-state index in [1.165, 1.54) is 75.8 Å². The molecule has 0 saturated heterocycles. The topological polar surface area (TPSA) is 9.86 Å². The van der Waals surface area contributed by atoms with Crippen molar-refractivity contribution in [2.45, 2.75) is 17.4 Å². The van der Waals surface area contributed by atoms with Crippen LogP contribution in [0.15, 0.2) is 174 Å². The van der Waals surface area contributed by atoms with E-state index in [0.29, 0.717) is 0 Å². The molecule has 8 aromatic rings. The molecule has 1 atom stereocenters. The van der Waals surface area contributed by atoms with Crippen molar-refractivity contribution >= 4 is 61.4 Å². The molecule has 0 fully saturated rings. The van der Waals surface area contributed by atoms with Crippen molar-refractivity contribution in [3.8, 4) is 16.8 Å². The Bertz CT molecular complexity index is 2540. The number of para-hydroxylation sites is 3. The number of fused-ring (bicyclic) bond motifs is 6. The third-order valence-electron chi connectivity index (χ3n) is 9.47. The average molecular weight is 621 g/mol. The molecule has 0 saturated carbocycles. The molecule has 1 unspecified atom stereocenters. The summed E-state index contributed by atoms with van der Waals surface area (Å²) in [6, 6.07) is 50.9. The van der Waals surface area contributed by atoms with Gasteiger partial charge in [0, 0.05) is 49.6 Å². The summed E-state index contributed by atoms with van der Waals surface area (Å²) in [7, 11) is 0. The number of hydrogen-bond acceptors (Lipinski definition) is 1. The summed E-state index contributed by atoms with van der Waals surface area (Å²) in [6.45, 7) is 4.03. The molecule has 3 heteroatoms. The molecule has 6 aromatic carbocycles. The van der Waals surface area contributed by atoms with E-state index < -0.39 is 0 Å². The van der Waals surface area contributed by atoms with Gasteiger partial charge < -0.3 is 9.13 Å². The van der Waals surface area contributed by atoms with Crippen LogP contribution in [0, 0.1) is 0 Å². The van der Waals surface area contributed by atoms with Crippen molar-refractivity contribution in [1.29, 1.82) is 0 Å².